The van der Waals surface area contributed by atoms with E-state index in [-0.39, 0.29) is 11.9 Å². The number of morpholine rings is 1. The molecule has 0 radical (unpaired) electrons. The van der Waals surface area contributed by atoms with Crippen molar-refractivity contribution in [1.82, 2.24) is 10.3 Å². The molecule has 0 saturated carbocycles. The van der Waals surface area contributed by atoms with Gasteiger partial charge in [-0.1, -0.05) is 0 Å². The van der Waals surface area contributed by atoms with Crippen molar-refractivity contribution in [2.45, 2.75) is 18.9 Å². The zero-order valence-electron chi connectivity index (χ0n) is 9.08. The minimum atomic E-state index is -0.330. The maximum Gasteiger partial charge on any atom is 0.146 e. The standard InChI is InChI=1S/C11H16FN3O/c12-10-6-15-7-11(13)9(10)2-1-8-5-14-3-4-16-8/h6-8,14H,1-5,13H2/t8-/m1/s1. The smallest absolute Gasteiger partial charge is 0.146 e. The van der Waals surface area contributed by atoms with E-state index in [4.69, 9.17) is 10.5 Å². The van der Waals surface area contributed by atoms with Crippen LogP contribution in [0.3, 0.4) is 0 Å². The highest BCUT2D eigenvalue weighted by Gasteiger charge is 2.15. The number of nitrogens with two attached hydrogens (primary N) is 1. The van der Waals surface area contributed by atoms with E-state index in [0.29, 0.717) is 17.7 Å². The number of halogens is 1. The summed E-state index contributed by atoms with van der Waals surface area (Å²) in [5.74, 6) is -0.330. The Morgan fingerprint density at radius 2 is 2.44 bits per heavy atom. The van der Waals surface area contributed by atoms with Crippen LogP contribution in [0, 0.1) is 5.82 Å². The summed E-state index contributed by atoms with van der Waals surface area (Å²) in [5.41, 5.74) is 6.64. The number of anilines is 1. The lowest BCUT2D eigenvalue weighted by Crippen LogP contribution is -2.38. The lowest BCUT2D eigenvalue weighted by molar-refractivity contribution is 0.0237. The van der Waals surface area contributed by atoms with Gasteiger partial charge in [-0.3, -0.25) is 4.98 Å². The Balaban J connectivity index is 1.93. The minimum Gasteiger partial charge on any atom is -0.397 e. The molecule has 0 aromatic carbocycles. The molecule has 88 valence electrons. The second-order valence-corrected chi connectivity index (χ2v) is 3.92. The predicted octanol–water partition coefficient (Wildman–Crippen LogP) is 0.724. The van der Waals surface area contributed by atoms with Gasteiger partial charge in [-0.05, 0) is 12.8 Å². The largest absolute Gasteiger partial charge is 0.397 e. The van der Waals surface area contributed by atoms with Crippen molar-refractivity contribution in [3.8, 4) is 0 Å². The van der Waals surface area contributed by atoms with E-state index < -0.39 is 0 Å². The first kappa shape index (κ1) is 11.3. The number of hydrogen-bond acceptors (Lipinski definition) is 4. The molecule has 4 nitrogen and oxygen atoms in total. The minimum absolute atomic E-state index is 0.153. The molecule has 0 unspecified atom stereocenters. The molecule has 1 aromatic heterocycles. The lowest BCUT2D eigenvalue weighted by atomic mass is 10.1. The van der Waals surface area contributed by atoms with Gasteiger partial charge >= 0.3 is 0 Å². The fourth-order valence-corrected chi connectivity index (χ4v) is 1.85. The van der Waals surface area contributed by atoms with Gasteiger partial charge < -0.3 is 15.8 Å². The van der Waals surface area contributed by atoms with Gasteiger partial charge in [0.1, 0.15) is 5.82 Å². The first-order chi connectivity index (χ1) is 7.77. The quantitative estimate of drug-likeness (QED) is 0.796. The van der Waals surface area contributed by atoms with Gasteiger partial charge in [0.2, 0.25) is 0 Å². The van der Waals surface area contributed by atoms with Gasteiger partial charge in [0.25, 0.3) is 0 Å². The van der Waals surface area contributed by atoms with Crippen LogP contribution < -0.4 is 11.1 Å². The van der Waals surface area contributed by atoms with Crippen molar-refractivity contribution in [2.75, 3.05) is 25.4 Å². The Bertz CT molecular complexity index is 333. The molecule has 0 spiro atoms. The van der Waals surface area contributed by atoms with Gasteiger partial charge in [-0.25, -0.2) is 4.39 Å². The summed E-state index contributed by atoms with van der Waals surface area (Å²) < 4.78 is 18.9. The van der Waals surface area contributed by atoms with Crippen molar-refractivity contribution in [3.05, 3.63) is 23.8 Å². The Hall–Kier alpha value is -1.20. The molecular weight excluding hydrogens is 209 g/mol. The third-order valence-electron chi connectivity index (χ3n) is 2.76. The van der Waals surface area contributed by atoms with Crippen LogP contribution in [0.1, 0.15) is 12.0 Å². The van der Waals surface area contributed by atoms with Gasteiger partial charge in [0.05, 0.1) is 30.8 Å². The monoisotopic (exact) mass is 225 g/mol. The maximum atomic E-state index is 13.4. The lowest BCUT2D eigenvalue weighted by Gasteiger charge is -2.23. The van der Waals surface area contributed by atoms with Crippen LogP contribution in [0.25, 0.3) is 0 Å². The number of nitrogen functional groups attached to an aromatic ring is 1. The summed E-state index contributed by atoms with van der Waals surface area (Å²) in [6, 6.07) is 0. The van der Waals surface area contributed by atoms with Crippen LogP contribution >= 0.6 is 0 Å². The molecule has 3 N–H and O–H groups in total. The van der Waals surface area contributed by atoms with Crippen LogP contribution in [-0.4, -0.2) is 30.8 Å². The number of pyridine rings is 1. The molecule has 1 atom stereocenters. The van der Waals surface area contributed by atoms with Crippen LogP contribution in [0.15, 0.2) is 12.4 Å². The van der Waals surface area contributed by atoms with Gasteiger partial charge in [-0.2, -0.15) is 0 Å². The first-order valence-electron chi connectivity index (χ1n) is 5.47. The Morgan fingerprint density at radius 3 is 3.12 bits per heavy atom. The molecule has 0 aliphatic carbocycles. The predicted molar refractivity (Wildman–Crippen MR) is 59.5 cm³/mol. The first-order valence-corrected chi connectivity index (χ1v) is 5.47. The van der Waals surface area contributed by atoms with Crippen LogP contribution in [0.5, 0.6) is 0 Å². The summed E-state index contributed by atoms with van der Waals surface area (Å²) in [6.45, 7) is 2.44. The molecule has 1 aliphatic heterocycles. The number of ether oxygens (including phenoxy) is 1. The summed E-state index contributed by atoms with van der Waals surface area (Å²) in [6.07, 6.45) is 4.20. The average molecular weight is 225 g/mol. The third-order valence-corrected chi connectivity index (χ3v) is 2.76. The van der Waals surface area contributed by atoms with E-state index in [1.807, 2.05) is 0 Å². The number of nitrogens with one attached hydrogen (secondary N) is 1. The average Bonchev–Trinajstić information content (AvgIpc) is 2.30. The van der Waals surface area contributed by atoms with Gasteiger partial charge in [-0.15, -0.1) is 0 Å². The van der Waals surface area contributed by atoms with Gasteiger partial charge in [0, 0.05) is 18.7 Å². The van der Waals surface area contributed by atoms with Crippen molar-refractivity contribution >= 4 is 5.69 Å². The maximum absolute atomic E-state index is 13.4. The molecule has 16 heavy (non-hydrogen) atoms. The zero-order valence-corrected chi connectivity index (χ0v) is 9.08. The second kappa shape index (κ2) is 5.23. The van der Waals surface area contributed by atoms with Crippen LogP contribution in [0.2, 0.25) is 0 Å². The molecule has 0 amide bonds. The molecule has 1 fully saturated rings. The van der Waals surface area contributed by atoms with Crippen molar-refractivity contribution in [3.63, 3.8) is 0 Å². The van der Waals surface area contributed by atoms with Crippen molar-refractivity contribution in [2.24, 2.45) is 0 Å². The third kappa shape index (κ3) is 2.68. The van der Waals surface area contributed by atoms with E-state index in [0.717, 1.165) is 26.1 Å². The van der Waals surface area contributed by atoms with Gasteiger partial charge in [0.15, 0.2) is 0 Å². The van der Waals surface area contributed by atoms with Crippen molar-refractivity contribution in [1.29, 1.82) is 0 Å². The van der Waals surface area contributed by atoms with Crippen LogP contribution in [-0.2, 0) is 11.2 Å². The summed E-state index contributed by atoms with van der Waals surface area (Å²) in [5, 5.41) is 3.24. The molecule has 1 aromatic rings. The number of rotatable bonds is 3. The molecule has 1 aliphatic rings. The van der Waals surface area contributed by atoms with E-state index in [1.54, 1.807) is 0 Å². The Morgan fingerprint density at radius 1 is 1.56 bits per heavy atom. The van der Waals surface area contributed by atoms with E-state index >= 15 is 0 Å². The topological polar surface area (TPSA) is 60.2 Å². The molecule has 1 saturated heterocycles. The highest BCUT2D eigenvalue weighted by atomic mass is 19.1. The summed E-state index contributed by atoms with van der Waals surface area (Å²) in [4.78, 5) is 3.70. The second-order valence-electron chi connectivity index (χ2n) is 3.92. The SMILES string of the molecule is Nc1cncc(F)c1CC[C@@H]1CNCCO1. The molecule has 5 heteroatoms. The number of nitrogens with zero attached hydrogens (tertiary/aromatic N) is 1. The Kier molecular flexibility index (Phi) is 3.69. The fourth-order valence-electron chi connectivity index (χ4n) is 1.85. The Labute approximate surface area is 94.0 Å². The fraction of sp³-hybridized carbons (Fsp3) is 0.545. The van der Waals surface area contributed by atoms with Crippen molar-refractivity contribution < 1.29 is 9.13 Å². The number of aromatic nitrogens is 1. The van der Waals surface area contributed by atoms with E-state index in [1.165, 1.54) is 12.4 Å². The molecule has 2 heterocycles. The summed E-state index contributed by atoms with van der Waals surface area (Å²) >= 11 is 0. The highest BCUT2D eigenvalue weighted by Crippen LogP contribution is 2.17. The number of hydrogen-bond donors (Lipinski definition) is 2. The molecule has 0 bridgehead atoms. The molecule has 2 rings (SSSR count). The zero-order chi connectivity index (χ0) is 11.4. The van der Waals surface area contributed by atoms with E-state index in [9.17, 15) is 4.39 Å². The van der Waals surface area contributed by atoms with Crippen LogP contribution in [0.4, 0.5) is 10.1 Å². The van der Waals surface area contributed by atoms with E-state index in [2.05, 4.69) is 10.3 Å². The summed E-state index contributed by atoms with van der Waals surface area (Å²) in [7, 11) is 0. The highest BCUT2D eigenvalue weighted by molar-refractivity contribution is 5.44. The normalized spacial score (nSPS) is 20.9. The molecular formula is C11H16FN3O.